The fourth-order valence-electron chi connectivity index (χ4n) is 2.59. The molecule has 0 spiro atoms. The van der Waals surface area contributed by atoms with E-state index in [0.717, 1.165) is 50.8 Å². The first-order valence-electron chi connectivity index (χ1n) is 8.32. The van der Waals surface area contributed by atoms with Crippen LogP contribution in [0.3, 0.4) is 0 Å². The van der Waals surface area contributed by atoms with Crippen molar-refractivity contribution in [3.63, 3.8) is 0 Å². The first-order valence-corrected chi connectivity index (χ1v) is 8.32. The van der Waals surface area contributed by atoms with Gasteiger partial charge in [-0.25, -0.2) is 0 Å². The molecule has 1 rings (SSSR count). The highest BCUT2D eigenvalue weighted by molar-refractivity contribution is 5.79. The molecule has 0 saturated carbocycles. The Morgan fingerprint density at radius 3 is 2.76 bits per heavy atom. The molecule has 124 valence electrons. The topological polar surface area (TPSA) is 65.9 Å². The van der Waals surface area contributed by atoms with Gasteiger partial charge in [-0.05, 0) is 38.5 Å². The van der Waals surface area contributed by atoms with Gasteiger partial charge in [0.1, 0.15) is 0 Å². The molecule has 1 aliphatic rings. The number of nitrogens with zero attached hydrogens (tertiary/aromatic N) is 1. The van der Waals surface area contributed by atoms with Crippen molar-refractivity contribution in [2.45, 2.75) is 46.5 Å². The van der Waals surface area contributed by atoms with Crippen molar-refractivity contribution >= 4 is 5.96 Å². The first kappa shape index (κ1) is 18.2. The molecule has 0 aliphatic carbocycles. The van der Waals surface area contributed by atoms with Gasteiger partial charge in [-0.3, -0.25) is 4.99 Å². The number of ether oxygens (including phenoxy) is 1. The molecule has 1 saturated heterocycles. The van der Waals surface area contributed by atoms with Crippen molar-refractivity contribution in [1.29, 1.82) is 0 Å². The van der Waals surface area contributed by atoms with Gasteiger partial charge in [-0.15, -0.1) is 0 Å². The van der Waals surface area contributed by atoms with Crippen LogP contribution in [-0.4, -0.2) is 50.5 Å². The lowest BCUT2D eigenvalue weighted by molar-refractivity contribution is 0.131. The molecule has 1 unspecified atom stereocenters. The predicted octanol–water partition coefficient (Wildman–Crippen LogP) is 1.77. The Morgan fingerprint density at radius 2 is 2.19 bits per heavy atom. The number of nitrogens with one attached hydrogen (secondary N) is 2. The summed E-state index contributed by atoms with van der Waals surface area (Å²) in [5, 5.41) is 15.9. The van der Waals surface area contributed by atoms with E-state index in [1.165, 1.54) is 6.42 Å². The third kappa shape index (κ3) is 7.14. The van der Waals surface area contributed by atoms with E-state index >= 15 is 0 Å². The van der Waals surface area contributed by atoms with Crippen LogP contribution in [0.15, 0.2) is 4.99 Å². The molecule has 0 aromatic carbocycles. The molecule has 5 nitrogen and oxygen atoms in total. The predicted molar refractivity (Wildman–Crippen MR) is 87.6 cm³/mol. The normalized spacial score (nSPS) is 22.8. The van der Waals surface area contributed by atoms with Gasteiger partial charge in [0.2, 0.25) is 0 Å². The van der Waals surface area contributed by atoms with E-state index in [1.807, 2.05) is 0 Å². The van der Waals surface area contributed by atoms with Crippen LogP contribution in [0.4, 0.5) is 0 Å². The summed E-state index contributed by atoms with van der Waals surface area (Å²) in [4.78, 5) is 4.71. The first-order chi connectivity index (χ1) is 10.1. The quantitative estimate of drug-likeness (QED) is 0.345. The van der Waals surface area contributed by atoms with Gasteiger partial charge in [-0.2, -0.15) is 0 Å². The summed E-state index contributed by atoms with van der Waals surface area (Å²) in [6.07, 6.45) is 4.15. The molecule has 3 N–H and O–H groups in total. The summed E-state index contributed by atoms with van der Waals surface area (Å²) in [6.45, 7) is 10.8. The highest BCUT2D eigenvalue weighted by Crippen LogP contribution is 2.32. The van der Waals surface area contributed by atoms with Crippen LogP contribution in [0.25, 0.3) is 0 Å². The second kappa shape index (κ2) is 10.0. The average Bonchev–Trinajstić information content (AvgIpc) is 2.90. The Kier molecular flexibility index (Phi) is 8.69. The highest BCUT2D eigenvalue weighted by atomic mass is 16.5. The van der Waals surface area contributed by atoms with Crippen LogP contribution in [0.1, 0.15) is 46.5 Å². The maximum Gasteiger partial charge on any atom is 0.191 e. The lowest BCUT2D eigenvalue weighted by atomic mass is 9.84. The molecular weight excluding hydrogens is 266 g/mol. The van der Waals surface area contributed by atoms with Gasteiger partial charge in [-0.1, -0.05) is 13.8 Å². The van der Waals surface area contributed by atoms with Crippen LogP contribution >= 0.6 is 0 Å². The molecule has 0 radical (unpaired) electrons. The van der Waals surface area contributed by atoms with E-state index in [2.05, 4.69) is 31.4 Å². The van der Waals surface area contributed by atoms with Gasteiger partial charge in [0.15, 0.2) is 5.96 Å². The Bertz CT molecular complexity index is 300. The van der Waals surface area contributed by atoms with Crippen LogP contribution in [0.5, 0.6) is 0 Å². The molecule has 0 aromatic heterocycles. The monoisotopic (exact) mass is 299 g/mol. The number of aliphatic hydroxyl groups is 1. The third-order valence-electron chi connectivity index (χ3n) is 3.99. The smallest absolute Gasteiger partial charge is 0.191 e. The van der Waals surface area contributed by atoms with Crippen molar-refractivity contribution in [2.75, 3.05) is 39.5 Å². The van der Waals surface area contributed by atoms with Crippen molar-refractivity contribution < 1.29 is 9.84 Å². The second-order valence-corrected chi connectivity index (χ2v) is 6.43. The number of aliphatic imine (C=N–C) groups is 1. The molecule has 0 aromatic rings. The van der Waals surface area contributed by atoms with Gasteiger partial charge >= 0.3 is 0 Å². The average molecular weight is 299 g/mol. The van der Waals surface area contributed by atoms with E-state index in [4.69, 9.17) is 9.73 Å². The van der Waals surface area contributed by atoms with Crippen molar-refractivity contribution in [3.05, 3.63) is 0 Å². The second-order valence-electron chi connectivity index (χ2n) is 6.43. The van der Waals surface area contributed by atoms with Crippen molar-refractivity contribution in [3.8, 4) is 0 Å². The zero-order chi connectivity index (χ0) is 15.6. The highest BCUT2D eigenvalue weighted by Gasteiger charge is 2.34. The largest absolute Gasteiger partial charge is 0.396 e. The SMILES string of the molecule is CCNC(=NCC1(CCO)CCOC1)NCCCC(C)C. The molecule has 0 amide bonds. The molecule has 1 heterocycles. The van der Waals surface area contributed by atoms with E-state index in [1.54, 1.807) is 0 Å². The lowest BCUT2D eigenvalue weighted by Crippen LogP contribution is -2.39. The number of rotatable bonds is 9. The maximum absolute atomic E-state index is 9.25. The minimum atomic E-state index is 0.0229. The minimum absolute atomic E-state index is 0.0229. The Labute approximate surface area is 129 Å². The minimum Gasteiger partial charge on any atom is -0.396 e. The number of aliphatic hydroxyl groups excluding tert-OH is 1. The molecular formula is C16H33N3O2. The van der Waals surface area contributed by atoms with Crippen LogP contribution in [0.2, 0.25) is 0 Å². The molecule has 21 heavy (non-hydrogen) atoms. The van der Waals surface area contributed by atoms with Crippen LogP contribution < -0.4 is 10.6 Å². The van der Waals surface area contributed by atoms with Gasteiger partial charge in [0.25, 0.3) is 0 Å². The summed E-state index contributed by atoms with van der Waals surface area (Å²) < 4.78 is 5.51. The molecule has 1 aliphatic heterocycles. The number of hydrogen-bond donors (Lipinski definition) is 3. The number of hydrogen-bond acceptors (Lipinski definition) is 3. The zero-order valence-electron chi connectivity index (χ0n) is 14.0. The third-order valence-corrected chi connectivity index (χ3v) is 3.99. The molecule has 1 fully saturated rings. The fourth-order valence-corrected chi connectivity index (χ4v) is 2.59. The summed E-state index contributed by atoms with van der Waals surface area (Å²) in [5.41, 5.74) is 0.0229. The van der Waals surface area contributed by atoms with E-state index < -0.39 is 0 Å². The Balaban J connectivity index is 2.45. The Morgan fingerprint density at radius 1 is 1.38 bits per heavy atom. The molecule has 0 bridgehead atoms. The van der Waals surface area contributed by atoms with E-state index in [-0.39, 0.29) is 12.0 Å². The van der Waals surface area contributed by atoms with Gasteiger partial charge in [0.05, 0.1) is 13.2 Å². The summed E-state index contributed by atoms with van der Waals surface area (Å²) in [5.74, 6) is 1.63. The zero-order valence-corrected chi connectivity index (χ0v) is 14.0. The molecule has 5 heteroatoms. The van der Waals surface area contributed by atoms with Crippen LogP contribution in [0, 0.1) is 11.3 Å². The van der Waals surface area contributed by atoms with Crippen molar-refractivity contribution in [1.82, 2.24) is 10.6 Å². The fraction of sp³-hybridized carbons (Fsp3) is 0.938. The summed E-state index contributed by atoms with van der Waals surface area (Å²) in [6, 6.07) is 0. The summed E-state index contributed by atoms with van der Waals surface area (Å²) in [7, 11) is 0. The standard InChI is InChI=1S/C16H33N3O2/c1-4-17-15(18-9-5-6-14(2)3)19-12-16(7-10-20)8-11-21-13-16/h14,20H,4-13H2,1-3H3,(H2,17,18,19). The van der Waals surface area contributed by atoms with Gasteiger partial charge in [0, 0.05) is 31.7 Å². The van der Waals surface area contributed by atoms with Gasteiger partial charge < -0.3 is 20.5 Å². The summed E-state index contributed by atoms with van der Waals surface area (Å²) >= 11 is 0. The maximum atomic E-state index is 9.25. The van der Waals surface area contributed by atoms with Crippen LogP contribution in [-0.2, 0) is 4.74 Å². The Hall–Kier alpha value is -0.810. The van der Waals surface area contributed by atoms with E-state index in [9.17, 15) is 5.11 Å². The lowest BCUT2D eigenvalue weighted by Gasteiger charge is -2.24. The van der Waals surface area contributed by atoms with E-state index in [0.29, 0.717) is 13.2 Å². The number of guanidine groups is 1. The molecule has 1 atom stereocenters. The van der Waals surface area contributed by atoms with Crippen molar-refractivity contribution in [2.24, 2.45) is 16.3 Å².